The van der Waals surface area contributed by atoms with Crippen molar-refractivity contribution in [3.63, 3.8) is 0 Å². The maximum absolute atomic E-state index is 12.6. The molecule has 8 aromatic carbocycles. The summed E-state index contributed by atoms with van der Waals surface area (Å²) in [5.41, 5.74) is 17.9. The molecule has 4 heterocycles. The van der Waals surface area contributed by atoms with Gasteiger partial charge in [-0.1, -0.05) is 311 Å². The zero-order valence-corrected chi connectivity index (χ0v) is 77.9. The molecule has 0 amide bonds. The molecule has 0 saturated carbocycles. The average Bonchev–Trinajstić information content (AvgIpc) is 0.769. The number of rotatable bonds is 0. The van der Waals surface area contributed by atoms with E-state index < -0.39 is 23.7 Å². The van der Waals surface area contributed by atoms with Gasteiger partial charge < -0.3 is 59.8 Å². The van der Waals surface area contributed by atoms with E-state index in [9.17, 15) is 40.9 Å². The normalized spacial score (nSPS) is 20.2. The minimum atomic E-state index is -0.623. The quantitative estimate of drug-likeness (QED) is 0.0716. The molecule has 0 atom stereocenters. The van der Waals surface area contributed by atoms with Gasteiger partial charge in [0.2, 0.25) is 0 Å². The fraction of sp³-hybridized carbons (Fsp3) is 0.571. The van der Waals surface area contributed by atoms with Crippen molar-refractivity contribution in [2.24, 2.45) is 0 Å². The van der Waals surface area contributed by atoms with Crippen LogP contribution in [0.5, 0.6) is 69.0 Å². The first-order chi connectivity index (χ1) is 59.4. The van der Waals surface area contributed by atoms with Gasteiger partial charge in [0, 0.05) is 118 Å². The van der Waals surface area contributed by atoms with E-state index in [4.69, 9.17) is 18.9 Å². The van der Waals surface area contributed by atoms with Gasteiger partial charge in [-0.3, -0.25) is 0 Å². The number of phenolic OH excluding ortho intramolecular Hbond substituents is 8. The van der Waals surface area contributed by atoms with E-state index in [1.54, 1.807) is 0 Å². The van der Waals surface area contributed by atoms with E-state index in [1.165, 1.54) is 91.0 Å². The van der Waals surface area contributed by atoms with Gasteiger partial charge in [-0.05, 0) is 164 Å². The summed E-state index contributed by atoms with van der Waals surface area (Å²) in [6.07, 6.45) is 34.9. The molecule has 4 aliphatic heterocycles. The Bertz CT molecular complexity index is 4110. The first kappa shape index (κ1) is 93.0. The summed E-state index contributed by atoms with van der Waals surface area (Å²) >= 11 is 0. The first-order valence-electron chi connectivity index (χ1n) is 48.8. The van der Waals surface area contributed by atoms with Crippen LogP contribution >= 0.6 is 0 Å². The van der Waals surface area contributed by atoms with E-state index >= 15 is 0 Å². The molecule has 0 spiro atoms. The van der Waals surface area contributed by atoms with Crippen LogP contribution in [-0.4, -0.2) is 67.3 Å². The highest BCUT2D eigenvalue weighted by atomic mass is 16.5. The Morgan fingerprint density at radius 1 is 0.185 bits per heavy atom. The number of hydrogen-bond donors (Lipinski definition) is 8. The summed E-state index contributed by atoms with van der Waals surface area (Å²) in [4.78, 5) is 0. The van der Waals surface area contributed by atoms with Gasteiger partial charge in [0.1, 0.15) is 69.0 Å². The highest BCUT2D eigenvalue weighted by Gasteiger charge is 2.36. The predicted molar refractivity (Wildman–Crippen MR) is 506 cm³/mol. The molecular weight excluding hydrogens is 1540 g/mol. The zero-order valence-electron chi connectivity index (χ0n) is 77.9. The number of phenols is 8. The summed E-state index contributed by atoms with van der Waals surface area (Å²) in [6, 6.07) is 33.1. The van der Waals surface area contributed by atoms with Gasteiger partial charge in [0.05, 0.1) is 26.4 Å². The molecule has 2 aliphatic carbocycles. The van der Waals surface area contributed by atoms with Crippen molar-refractivity contribution in [2.45, 2.75) is 385 Å². The monoisotopic (exact) mass is 1690 g/mol. The van der Waals surface area contributed by atoms with Crippen LogP contribution in [0.25, 0.3) is 0 Å². The number of fused-ring (bicyclic) bond motifs is 40. The Morgan fingerprint density at radius 2 is 0.323 bits per heavy atom. The van der Waals surface area contributed by atoms with Crippen molar-refractivity contribution in [3.05, 3.63) is 208 Å². The Balaban J connectivity index is 1.02. The summed E-state index contributed by atoms with van der Waals surface area (Å²) in [5, 5.41) is 100. The van der Waals surface area contributed by atoms with Crippen LogP contribution in [0, 0.1) is 0 Å². The number of aromatic hydroxyl groups is 8. The molecular formula is C112H152O12. The molecule has 0 aromatic heterocycles. The van der Waals surface area contributed by atoms with Gasteiger partial charge in [-0.2, -0.15) is 0 Å². The van der Waals surface area contributed by atoms with Crippen molar-refractivity contribution in [1.29, 1.82) is 0 Å². The molecule has 12 nitrogen and oxygen atoms in total. The zero-order chi connectivity index (χ0) is 88.0. The second kappa shape index (κ2) is 41.9. The van der Waals surface area contributed by atoms with Gasteiger partial charge >= 0.3 is 0 Å². The van der Waals surface area contributed by atoms with Crippen molar-refractivity contribution in [1.82, 2.24) is 0 Å². The topological polar surface area (TPSA) is 199 Å². The second-order valence-electron chi connectivity index (χ2n) is 42.2. The third-order valence-electron chi connectivity index (χ3n) is 28.2. The van der Waals surface area contributed by atoms with Crippen LogP contribution in [-0.2, 0) is 47.3 Å². The third-order valence-corrected chi connectivity index (χ3v) is 28.2. The minimum absolute atomic E-state index is 0.122. The lowest BCUT2D eigenvalue weighted by atomic mass is 9.76. The number of ether oxygens (including phenoxy) is 4. The lowest BCUT2D eigenvalue weighted by Gasteiger charge is -2.29. The largest absolute Gasteiger partial charge is 0.508 e. The maximum Gasteiger partial charge on any atom is 0.126 e. The summed E-state index contributed by atoms with van der Waals surface area (Å²) < 4.78 is 30.4. The standard InChI is InChI=1S/C112H152O12/c1-109(2,3)81-57-73-53-75-59-82(110(4,5)6)61-77-55-79-63-84(112(10,11)12)64-80-56-78-62-83(111(7,8)9)60-76-54-74(58-81)105(73)121-49-41-33-25-17-13-21-29-37-45-85-89-65-91(99(115)69-97(89)113)86(46-38-30-22-14-18-26-34-42-50-122-106(75)77)93-67-95(103(119)71-101(93)117)88(48-40-32-24-16-20-28-36-44-52-124-108(79)80)96-68-94(102(118)72-104(96)120)87(92-66-90(85)98(114)70-100(92)116)47-39-31-23-15-19-27-35-43-51-123-107(76)78/h57-72,85-88,113-120H,13-56H2,1-12H3. The molecule has 14 rings (SSSR count). The van der Waals surface area contributed by atoms with Gasteiger partial charge in [0.25, 0.3) is 0 Å². The Kier molecular flexibility index (Phi) is 31.4. The lowest BCUT2D eigenvalue weighted by molar-refractivity contribution is 0.292. The molecule has 124 heavy (non-hydrogen) atoms. The van der Waals surface area contributed by atoms with E-state index in [-0.39, 0.29) is 67.7 Å². The average molecular weight is 1690 g/mol. The highest BCUT2D eigenvalue weighted by molar-refractivity contribution is 5.65. The van der Waals surface area contributed by atoms with E-state index in [0.717, 1.165) is 228 Å². The van der Waals surface area contributed by atoms with Crippen LogP contribution in [0.15, 0.2) is 97.1 Å². The molecule has 8 N–H and O–H groups in total. The first-order valence-corrected chi connectivity index (χ1v) is 48.8. The van der Waals surface area contributed by atoms with Crippen molar-refractivity contribution in [3.8, 4) is 69.0 Å². The minimum Gasteiger partial charge on any atom is -0.508 e. The fourth-order valence-electron chi connectivity index (χ4n) is 20.7. The summed E-state index contributed by atoms with van der Waals surface area (Å²) in [6.45, 7) is 30.5. The Labute approximate surface area is 744 Å². The van der Waals surface area contributed by atoms with E-state index in [1.807, 2.05) is 24.3 Å². The molecule has 672 valence electrons. The van der Waals surface area contributed by atoms with Gasteiger partial charge in [0.15, 0.2) is 0 Å². The maximum atomic E-state index is 12.6. The van der Waals surface area contributed by atoms with Crippen LogP contribution in [0.1, 0.15) is 449 Å². The van der Waals surface area contributed by atoms with Crippen LogP contribution < -0.4 is 18.9 Å². The van der Waals surface area contributed by atoms with Crippen molar-refractivity contribution >= 4 is 0 Å². The van der Waals surface area contributed by atoms with Crippen LogP contribution in [0.2, 0.25) is 0 Å². The van der Waals surface area contributed by atoms with Gasteiger partial charge in [-0.15, -0.1) is 0 Å². The van der Waals surface area contributed by atoms with Crippen molar-refractivity contribution in [2.75, 3.05) is 26.4 Å². The summed E-state index contributed by atoms with van der Waals surface area (Å²) in [5.74, 6) is 0.404. The number of hydrogen-bond acceptors (Lipinski definition) is 12. The van der Waals surface area contributed by atoms with Crippen LogP contribution in [0.3, 0.4) is 0 Å². The lowest BCUT2D eigenvalue weighted by Crippen LogP contribution is -2.18. The predicted octanol–water partition coefficient (Wildman–Crippen LogP) is 29.3. The van der Waals surface area contributed by atoms with E-state index in [2.05, 4.69) is 132 Å². The molecule has 12 heteroatoms. The Morgan fingerprint density at radius 3 is 0.468 bits per heavy atom. The third kappa shape index (κ3) is 23.4. The van der Waals surface area contributed by atoms with Crippen molar-refractivity contribution < 1.29 is 59.8 Å². The molecule has 6 aliphatic rings. The molecule has 24 bridgehead atoms. The molecule has 0 radical (unpaired) electrons. The SMILES string of the molecule is CC(C)(C)c1cc2c3c(c1)Cc1cc(C(C)(C)C)cc4c1OCCCCCCCCCCC1c5cc(c(O)cc5O)C(CCCCCCCCCCO3)c3cc(c(O)cc3O)C3CCCCCCCCCCOc5c(cc(C(C)(C)C)cc5Cc5cc(C(C)(C)C)cc(c5OCCCCCCCCCCC(c5cc3c(O)cc5O)c3cc1c(O)cc3O)C4)C2. The van der Waals surface area contributed by atoms with Crippen LogP contribution in [0.4, 0.5) is 0 Å². The fourth-order valence-corrected chi connectivity index (χ4v) is 20.7. The molecule has 0 fully saturated rings. The molecule has 0 unspecified atom stereocenters. The van der Waals surface area contributed by atoms with Gasteiger partial charge in [-0.25, -0.2) is 0 Å². The second-order valence-corrected chi connectivity index (χ2v) is 42.2. The highest BCUT2D eigenvalue weighted by Crippen LogP contribution is 2.55. The van der Waals surface area contributed by atoms with E-state index in [0.29, 0.717) is 122 Å². The molecule has 8 aromatic rings. The molecule has 0 saturated heterocycles. The smallest absolute Gasteiger partial charge is 0.126 e. The summed E-state index contributed by atoms with van der Waals surface area (Å²) in [7, 11) is 0. The number of benzene rings is 8. The Hall–Kier alpha value is -8.64.